The Morgan fingerprint density at radius 3 is 2.23 bits per heavy atom. The Bertz CT molecular complexity index is 1350. The Labute approximate surface area is 198 Å². The molecule has 0 radical (unpaired) electrons. The van der Waals surface area contributed by atoms with Crippen molar-refractivity contribution in [3.05, 3.63) is 96.2 Å². The average Bonchev–Trinajstić information content (AvgIpc) is 3.38. The number of nitrogens with zero attached hydrogens (tertiary/aromatic N) is 1. The largest absolute Gasteiger partial charge is 0.451 e. The van der Waals surface area contributed by atoms with Crippen LogP contribution in [0.3, 0.4) is 0 Å². The van der Waals surface area contributed by atoms with Crippen molar-refractivity contribution in [3.63, 3.8) is 0 Å². The van der Waals surface area contributed by atoms with Crippen molar-refractivity contribution in [1.29, 1.82) is 0 Å². The highest BCUT2D eigenvalue weighted by atomic mass is 19.4. The summed E-state index contributed by atoms with van der Waals surface area (Å²) in [6.07, 6.45) is -2.41. The first-order valence-electron chi connectivity index (χ1n) is 10.7. The number of oxazole rings is 1. The molecule has 1 amide bonds. The lowest BCUT2D eigenvalue weighted by Crippen LogP contribution is -2.46. The van der Waals surface area contributed by atoms with E-state index in [1.165, 1.54) is 6.07 Å². The van der Waals surface area contributed by atoms with Crippen molar-refractivity contribution in [2.75, 3.05) is 18.5 Å². The number of benzene rings is 3. The van der Waals surface area contributed by atoms with Crippen molar-refractivity contribution in [2.45, 2.75) is 11.8 Å². The number of hydrogen-bond donors (Lipinski definition) is 2. The lowest BCUT2D eigenvalue weighted by molar-refractivity contribution is -0.184. The Morgan fingerprint density at radius 1 is 0.971 bits per heavy atom. The topological polar surface area (TPSA) is 84.6 Å². The van der Waals surface area contributed by atoms with Gasteiger partial charge >= 0.3 is 6.18 Å². The van der Waals surface area contributed by atoms with E-state index in [-0.39, 0.29) is 35.7 Å². The zero-order valence-electron chi connectivity index (χ0n) is 18.2. The standard InChI is InChI=1S/C26H19F3N2O4/c27-26(28,29)21-10-20(17-6-8-18(9-7-17)25(33)13-35-14-25)22(31-24(32)23-12-34-15-30-23)11-19(21)16-4-2-1-3-5-16/h1-12,15,33H,13-14H2,(H,31,32). The highest BCUT2D eigenvalue weighted by molar-refractivity contribution is 6.05. The Kier molecular flexibility index (Phi) is 5.66. The second kappa shape index (κ2) is 8.68. The van der Waals surface area contributed by atoms with Gasteiger partial charge in [-0.2, -0.15) is 13.2 Å². The molecule has 178 valence electrons. The van der Waals surface area contributed by atoms with E-state index in [1.54, 1.807) is 54.6 Å². The predicted molar refractivity (Wildman–Crippen MR) is 121 cm³/mol. The summed E-state index contributed by atoms with van der Waals surface area (Å²) >= 11 is 0. The second-order valence-corrected chi connectivity index (χ2v) is 8.24. The molecule has 6 nitrogen and oxygen atoms in total. The molecule has 1 aliphatic rings. The fourth-order valence-corrected chi connectivity index (χ4v) is 3.97. The van der Waals surface area contributed by atoms with E-state index in [9.17, 15) is 23.1 Å². The highest BCUT2D eigenvalue weighted by Gasteiger charge is 2.38. The zero-order valence-corrected chi connectivity index (χ0v) is 18.2. The third-order valence-corrected chi connectivity index (χ3v) is 5.88. The molecule has 9 heteroatoms. The smallest absolute Gasteiger partial charge is 0.417 e. The number of rotatable bonds is 5. The number of carbonyl (C=O) groups is 1. The van der Waals surface area contributed by atoms with Crippen LogP contribution in [0.25, 0.3) is 22.3 Å². The molecule has 1 aliphatic heterocycles. The summed E-state index contributed by atoms with van der Waals surface area (Å²) in [6.45, 7) is 0.296. The van der Waals surface area contributed by atoms with Crippen molar-refractivity contribution in [3.8, 4) is 22.3 Å². The van der Waals surface area contributed by atoms with Crippen LogP contribution < -0.4 is 5.32 Å². The maximum atomic E-state index is 14.2. The molecule has 0 spiro atoms. The third-order valence-electron chi connectivity index (χ3n) is 5.88. The molecule has 3 aromatic carbocycles. The minimum absolute atomic E-state index is 0.0142. The molecular weight excluding hydrogens is 461 g/mol. The normalized spacial score (nSPS) is 14.9. The summed E-state index contributed by atoms with van der Waals surface area (Å²) in [6, 6.07) is 17.0. The van der Waals surface area contributed by atoms with Gasteiger partial charge in [-0.25, -0.2) is 4.98 Å². The molecule has 2 N–H and O–H groups in total. The molecule has 1 saturated heterocycles. The summed E-state index contributed by atoms with van der Waals surface area (Å²) in [7, 11) is 0. The van der Waals surface area contributed by atoms with Gasteiger partial charge in [-0.3, -0.25) is 4.79 Å². The molecule has 2 heterocycles. The number of ether oxygens (including phenoxy) is 1. The Morgan fingerprint density at radius 2 is 1.66 bits per heavy atom. The molecule has 0 atom stereocenters. The number of nitrogens with one attached hydrogen (secondary N) is 1. The van der Waals surface area contributed by atoms with E-state index in [0.29, 0.717) is 16.7 Å². The first-order valence-corrected chi connectivity index (χ1v) is 10.7. The van der Waals surface area contributed by atoms with Crippen LogP contribution in [0.5, 0.6) is 0 Å². The van der Waals surface area contributed by atoms with Gasteiger partial charge in [0.15, 0.2) is 12.1 Å². The van der Waals surface area contributed by atoms with Crippen LogP contribution in [0.4, 0.5) is 18.9 Å². The third kappa shape index (κ3) is 4.43. The van der Waals surface area contributed by atoms with Crippen LogP contribution in [0.15, 0.2) is 83.8 Å². The molecule has 5 rings (SSSR count). The number of aliphatic hydroxyl groups is 1. The number of alkyl halides is 3. The molecule has 4 aromatic rings. The van der Waals surface area contributed by atoms with Gasteiger partial charge in [-0.05, 0) is 34.4 Å². The Hall–Kier alpha value is -3.95. The number of amides is 1. The van der Waals surface area contributed by atoms with Gasteiger partial charge < -0.3 is 19.6 Å². The summed E-state index contributed by atoms with van der Waals surface area (Å²) < 4.78 is 52.4. The highest BCUT2D eigenvalue weighted by Crippen LogP contribution is 2.43. The van der Waals surface area contributed by atoms with E-state index in [4.69, 9.17) is 9.15 Å². The van der Waals surface area contributed by atoms with Crippen molar-refractivity contribution in [1.82, 2.24) is 4.98 Å². The quantitative estimate of drug-likeness (QED) is 0.394. The van der Waals surface area contributed by atoms with E-state index < -0.39 is 23.2 Å². The van der Waals surface area contributed by atoms with E-state index in [1.807, 2.05) is 0 Å². The van der Waals surface area contributed by atoms with Gasteiger partial charge in [0.2, 0.25) is 0 Å². The number of anilines is 1. The summed E-state index contributed by atoms with van der Waals surface area (Å²) in [5.74, 6) is -0.628. The first-order chi connectivity index (χ1) is 16.7. The number of aromatic nitrogens is 1. The van der Waals surface area contributed by atoms with Gasteiger partial charge in [-0.1, -0.05) is 54.6 Å². The summed E-state index contributed by atoms with van der Waals surface area (Å²) in [5, 5.41) is 13.2. The molecule has 1 fully saturated rings. The van der Waals surface area contributed by atoms with E-state index >= 15 is 0 Å². The van der Waals surface area contributed by atoms with Crippen LogP contribution in [0.2, 0.25) is 0 Å². The average molecular weight is 480 g/mol. The van der Waals surface area contributed by atoms with Crippen molar-refractivity contribution >= 4 is 11.6 Å². The molecule has 0 saturated carbocycles. The Balaban J connectivity index is 1.65. The van der Waals surface area contributed by atoms with E-state index in [2.05, 4.69) is 10.3 Å². The fraction of sp³-hybridized carbons (Fsp3) is 0.154. The molecule has 0 bridgehead atoms. The number of halogens is 3. The lowest BCUT2D eigenvalue weighted by atomic mass is 9.89. The zero-order chi connectivity index (χ0) is 24.6. The van der Waals surface area contributed by atoms with Gasteiger partial charge in [0.25, 0.3) is 5.91 Å². The summed E-state index contributed by atoms with van der Waals surface area (Å²) in [4.78, 5) is 16.5. The lowest BCUT2D eigenvalue weighted by Gasteiger charge is -2.36. The van der Waals surface area contributed by atoms with Gasteiger partial charge in [0.1, 0.15) is 11.9 Å². The summed E-state index contributed by atoms with van der Waals surface area (Å²) in [5.41, 5.74) is -0.332. The van der Waals surface area contributed by atoms with Crippen molar-refractivity contribution in [2.24, 2.45) is 0 Å². The second-order valence-electron chi connectivity index (χ2n) is 8.24. The molecule has 0 unspecified atom stereocenters. The van der Waals surface area contributed by atoms with Crippen molar-refractivity contribution < 1.29 is 32.2 Å². The minimum atomic E-state index is -4.65. The fourth-order valence-electron chi connectivity index (χ4n) is 3.97. The molecule has 1 aromatic heterocycles. The molecule has 0 aliphatic carbocycles. The number of hydrogen-bond acceptors (Lipinski definition) is 5. The minimum Gasteiger partial charge on any atom is -0.451 e. The van der Waals surface area contributed by atoms with Gasteiger partial charge in [0.05, 0.1) is 18.8 Å². The molecular formula is C26H19F3N2O4. The SMILES string of the molecule is O=C(Nc1cc(-c2ccccc2)c(C(F)(F)F)cc1-c1ccc(C2(O)COC2)cc1)c1cocn1. The van der Waals surface area contributed by atoms with Gasteiger partial charge in [-0.15, -0.1) is 0 Å². The predicted octanol–water partition coefficient (Wildman–Crippen LogP) is 5.50. The number of carbonyl (C=O) groups excluding carboxylic acids is 1. The van der Waals surface area contributed by atoms with E-state index in [0.717, 1.165) is 18.7 Å². The monoisotopic (exact) mass is 480 g/mol. The van der Waals surface area contributed by atoms with Crippen LogP contribution in [-0.4, -0.2) is 29.2 Å². The molecule has 35 heavy (non-hydrogen) atoms. The first kappa shape index (κ1) is 22.8. The van der Waals surface area contributed by atoms with Gasteiger partial charge in [0, 0.05) is 11.3 Å². The van der Waals surface area contributed by atoms with Crippen LogP contribution in [0, 0.1) is 0 Å². The van der Waals surface area contributed by atoms with Crippen LogP contribution in [0.1, 0.15) is 21.6 Å². The maximum absolute atomic E-state index is 14.2. The van der Waals surface area contributed by atoms with Crippen LogP contribution >= 0.6 is 0 Å². The maximum Gasteiger partial charge on any atom is 0.417 e. The van der Waals surface area contributed by atoms with Crippen LogP contribution in [-0.2, 0) is 16.5 Å².